The van der Waals surface area contributed by atoms with Crippen LogP contribution in [0.15, 0.2) is 47.5 Å². The molecule has 0 aliphatic carbocycles. The second-order valence-electron chi connectivity index (χ2n) is 6.50. The quantitative estimate of drug-likeness (QED) is 0.727. The molecule has 1 aliphatic heterocycles. The monoisotopic (exact) mass is 362 g/mol. The van der Waals surface area contributed by atoms with Gasteiger partial charge < -0.3 is 15.0 Å². The minimum Gasteiger partial charge on any atom is -0.508 e. The van der Waals surface area contributed by atoms with E-state index in [0.717, 1.165) is 5.56 Å². The lowest BCUT2D eigenvalue weighted by atomic mass is 10.0. The van der Waals surface area contributed by atoms with E-state index >= 15 is 0 Å². The number of benzene rings is 1. The Balaban J connectivity index is 1.68. The second kappa shape index (κ2) is 6.68. The lowest BCUT2D eigenvalue weighted by Crippen LogP contribution is -2.39. The number of pyridine rings is 1. The van der Waals surface area contributed by atoms with Crippen molar-refractivity contribution in [2.75, 3.05) is 6.54 Å². The van der Waals surface area contributed by atoms with E-state index < -0.39 is 0 Å². The van der Waals surface area contributed by atoms with Gasteiger partial charge in [0, 0.05) is 41.2 Å². The number of hydrogen-bond acceptors (Lipinski definition) is 5. The van der Waals surface area contributed by atoms with Crippen LogP contribution in [0.2, 0.25) is 0 Å². The summed E-state index contributed by atoms with van der Waals surface area (Å²) in [5, 5.41) is 9.87. The van der Waals surface area contributed by atoms with Gasteiger partial charge in [-0.25, -0.2) is 4.98 Å². The third-order valence-electron chi connectivity index (χ3n) is 4.85. The number of carbonyl (C=O) groups is 1. The molecule has 3 heterocycles. The Morgan fingerprint density at radius 2 is 2.00 bits per heavy atom. The number of rotatable bonds is 2. The van der Waals surface area contributed by atoms with Gasteiger partial charge in [0.2, 0.25) is 0 Å². The molecule has 0 atom stereocenters. The molecule has 2 N–H and O–H groups in total. The molecule has 3 aromatic rings. The van der Waals surface area contributed by atoms with Crippen LogP contribution in [-0.4, -0.2) is 37.4 Å². The normalized spacial score (nSPS) is 13.3. The number of carbonyl (C=O) groups excluding carboxylic acids is 1. The highest BCUT2D eigenvalue weighted by molar-refractivity contribution is 5.96. The van der Waals surface area contributed by atoms with Gasteiger partial charge in [0.15, 0.2) is 0 Å². The lowest BCUT2D eigenvalue weighted by Gasteiger charge is -2.28. The number of aromatic hydroxyl groups is 1. The fourth-order valence-corrected chi connectivity index (χ4v) is 3.28. The Bertz CT molecular complexity index is 1080. The van der Waals surface area contributed by atoms with E-state index in [4.69, 9.17) is 0 Å². The van der Waals surface area contributed by atoms with Crippen molar-refractivity contribution in [3.8, 4) is 17.1 Å². The van der Waals surface area contributed by atoms with E-state index in [1.165, 1.54) is 0 Å². The van der Waals surface area contributed by atoms with Crippen LogP contribution >= 0.6 is 0 Å². The summed E-state index contributed by atoms with van der Waals surface area (Å²) in [5.74, 6) is 0.374. The smallest absolute Gasteiger partial charge is 0.254 e. The highest BCUT2D eigenvalue weighted by Gasteiger charge is 2.26. The summed E-state index contributed by atoms with van der Waals surface area (Å²) in [5.41, 5.74) is 2.80. The highest BCUT2D eigenvalue weighted by Crippen LogP contribution is 2.24. The summed E-state index contributed by atoms with van der Waals surface area (Å²) < 4.78 is 0. The highest BCUT2D eigenvalue weighted by atomic mass is 16.3. The topological polar surface area (TPSA) is 99.2 Å². The number of aromatic nitrogens is 3. The third-order valence-corrected chi connectivity index (χ3v) is 4.85. The predicted octanol–water partition coefficient (Wildman–Crippen LogP) is 2.04. The molecule has 0 fully saturated rings. The molecule has 0 bridgehead atoms. The summed E-state index contributed by atoms with van der Waals surface area (Å²) in [6, 6.07) is 8.44. The maximum absolute atomic E-state index is 12.9. The largest absolute Gasteiger partial charge is 0.508 e. The van der Waals surface area contributed by atoms with E-state index in [-0.39, 0.29) is 23.8 Å². The molecule has 0 radical (unpaired) electrons. The van der Waals surface area contributed by atoms with Crippen LogP contribution in [0.25, 0.3) is 11.4 Å². The van der Waals surface area contributed by atoms with Gasteiger partial charge in [-0.05, 0) is 37.6 Å². The summed E-state index contributed by atoms with van der Waals surface area (Å²) in [6.45, 7) is 2.40. The number of aromatic amines is 1. The van der Waals surface area contributed by atoms with E-state index in [1.54, 1.807) is 54.5 Å². The minimum absolute atomic E-state index is 0.0906. The molecule has 1 aliphatic rings. The molecule has 1 aromatic carbocycles. The van der Waals surface area contributed by atoms with Crippen molar-refractivity contribution in [3.05, 3.63) is 75.5 Å². The van der Waals surface area contributed by atoms with Crippen molar-refractivity contribution in [1.29, 1.82) is 0 Å². The molecule has 27 heavy (non-hydrogen) atoms. The summed E-state index contributed by atoms with van der Waals surface area (Å²) in [7, 11) is 0. The lowest BCUT2D eigenvalue weighted by molar-refractivity contribution is 0.0730. The maximum atomic E-state index is 12.9. The number of hydrogen-bond donors (Lipinski definition) is 2. The first-order chi connectivity index (χ1) is 13.0. The van der Waals surface area contributed by atoms with Crippen LogP contribution in [-0.2, 0) is 13.0 Å². The fourth-order valence-electron chi connectivity index (χ4n) is 3.28. The summed E-state index contributed by atoms with van der Waals surface area (Å²) >= 11 is 0. The van der Waals surface area contributed by atoms with Gasteiger partial charge >= 0.3 is 0 Å². The van der Waals surface area contributed by atoms with Crippen LogP contribution in [0.5, 0.6) is 5.75 Å². The number of phenolic OH excluding ortho intramolecular Hbond substituents is 1. The first-order valence-electron chi connectivity index (χ1n) is 8.65. The standard InChI is InChI=1S/C20H18N4O3/c1-12-14(3-2-4-17(12)25)20(27)24-10-7-15-16(11-24)22-18(23-19(15)26)13-5-8-21-9-6-13/h2-6,8-9,25H,7,10-11H2,1H3,(H,22,23,26). The summed E-state index contributed by atoms with van der Waals surface area (Å²) in [4.78, 5) is 38.4. The molecule has 0 unspecified atom stereocenters. The first kappa shape index (κ1) is 17.0. The zero-order valence-electron chi connectivity index (χ0n) is 14.8. The number of H-pyrrole nitrogens is 1. The van der Waals surface area contributed by atoms with Crippen molar-refractivity contribution in [2.45, 2.75) is 19.9 Å². The molecule has 1 amide bonds. The number of fused-ring (bicyclic) bond motifs is 1. The zero-order valence-corrected chi connectivity index (χ0v) is 14.8. The molecule has 7 nitrogen and oxygen atoms in total. The molecular weight excluding hydrogens is 344 g/mol. The molecule has 0 spiro atoms. The van der Waals surface area contributed by atoms with E-state index in [9.17, 15) is 14.7 Å². The van der Waals surface area contributed by atoms with Crippen molar-refractivity contribution in [1.82, 2.24) is 19.9 Å². The predicted molar refractivity (Wildman–Crippen MR) is 99.4 cm³/mol. The number of amides is 1. The van der Waals surface area contributed by atoms with Gasteiger partial charge in [-0.3, -0.25) is 14.6 Å². The SMILES string of the molecule is Cc1c(O)cccc1C(=O)N1CCc2c(nc(-c3ccncc3)[nH]c2=O)C1. The van der Waals surface area contributed by atoms with Gasteiger partial charge in [-0.1, -0.05) is 6.07 Å². The van der Waals surface area contributed by atoms with Crippen molar-refractivity contribution >= 4 is 5.91 Å². The molecule has 2 aromatic heterocycles. The molecule has 4 rings (SSSR count). The Labute approximate surface area is 155 Å². The molecule has 136 valence electrons. The molecule has 0 saturated heterocycles. The van der Waals surface area contributed by atoms with Crippen LogP contribution in [0.1, 0.15) is 27.2 Å². The molecule has 7 heteroatoms. The Morgan fingerprint density at radius 1 is 1.22 bits per heavy atom. The minimum atomic E-state index is -0.179. The van der Waals surface area contributed by atoms with Crippen molar-refractivity contribution in [2.24, 2.45) is 0 Å². The molecular formula is C20H18N4O3. The Kier molecular flexibility index (Phi) is 4.19. The van der Waals surface area contributed by atoms with E-state index in [2.05, 4.69) is 15.0 Å². The van der Waals surface area contributed by atoms with Gasteiger partial charge in [-0.15, -0.1) is 0 Å². The van der Waals surface area contributed by atoms with E-state index in [0.29, 0.717) is 41.2 Å². The van der Waals surface area contributed by atoms with Crippen LogP contribution < -0.4 is 5.56 Å². The van der Waals surface area contributed by atoms with E-state index in [1.807, 2.05) is 0 Å². The number of nitrogens with zero attached hydrogens (tertiary/aromatic N) is 3. The van der Waals surface area contributed by atoms with Gasteiger partial charge in [0.1, 0.15) is 11.6 Å². The summed E-state index contributed by atoms with van der Waals surface area (Å²) in [6.07, 6.45) is 3.71. The van der Waals surface area contributed by atoms with Crippen LogP contribution in [0, 0.1) is 6.92 Å². The first-order valence-corrected chi connectivity index (χ1v) is 8.65. The number of phenols is 1. The zero-order chi connectivity index (χ0) is 19.0. The van der Waals surface area contributed by atoms with Crippen LogP contribution in [0.3, 0.4) is 0 Å². The van der Waals surface area contributed by atoms with Crippen molar-refractivity contribution in [3.63, 3.8) is 0 Å². The van der Waals surface area contributed by atoms with Crippen LogP contribution in [0.4, 0.5) is 0 Å². The Morgan fingerprint density at radius 3 is 2.78 bits per heavy atom. The van der Waals surface area contributed by atoms with Gasteiger partial charge in [0.05, 0.1) is 12.2 Å². The number of nitrogens with one attached hydrogen (secondary N) is 1. The van der Waals surface area contributed by atoms with Gasteiger partial charge in [-0.2, -0.15) is 0 Å². The average molecular weight is 362 g/mol. The van der Waals surface area contributed by atoms with Crippen molar-refractivity contribution < 1.29 is 9.90 Å². The third kappa shape index (κ3) is 3.08. The maximum Gasteiger partial charge on any atom is 0.254 e. The Hall–Kier alpha value is -3.48. The second-order valence-corrected chi connectivity index (χ2v) is 6.50. The molecule has 0 saturated carbocycles. The fraction of sp³-hybridized carbons (Fsp3) is 0.200. The average Bonchev–Trinajstić information content (AvgIpc) is 2.70. The van der Waals surface area contributed by atoms with Gasteiger partial charge in [0.25, 0.3) is 11.5 Å².